The average Bonchev–Trinajstić information content (AvgIpc) is 3.22. The predicted molar refractivity (Wildman–Crippen MR) is 90.5 cm³/mol. The molecule has 2 aromatic heterocycles. The summed E-state index contributed by atoms with van der Waals surface area (Å²) >= 11 is 6.29. The Morgan fingerprint density at radius 1 is 1.29 bits per heavy atom. The number of aryl methyl sites for hydroxylation is 1. The zero-order chi connectivity index (χ0) is 16.8. The Hall–Kier alpha value is -2.01. The highest BCUT2D eigenvalue weighted by Gasteiger charge is 2.41. The topological polar surface area (TPSA) is 59.0 Å². The second-order valence-electron chi connectivity index (χ2n) is 6.79. The van der Waals surface area contributed by atoms with Gasteiger partial charge in [0.15, 0.2) is 0 Å². The summed E-state index contributed by atoms with van der Waals surface area (Å²) in [6, 6.07) is 0. The SMILES string of the molecule is Cc1nc2c(c(C)c1Cl)CN(C(=O)C[C@@H]1C[C@H]1c1cncnc1)C2. The standard InChI is InChI=1S/C18H19ClN4O/c1-10-15-7-23(8-16(15)22-11(2)18(10)19)17(24)4-12-3-14(12)13-5-20-9-21-6-13/h5-6,9,12,14H,3-4,7-8H2,1-2H3/t12-,14+/m0/s1. The number of aromatic nitrogens is 3. The number of pyridine rings is 1. The van der Waals surface area contributed by atoms with Gasteiger partial charge in [-0.15, -0.1) is 0 Å². The van der Waals surface area contributed by atoms with Gasteiger partial charge in [-0.1, -0.05) is 11.6 Å². The van der Waals surface area contributed by atoms with Crippen molar-refractivity contribution in [3.63, 3.8) is 0 Å². The Labute approximate surface area is 146 Å². The molecule has 3 heterocycles. The molecule has 4 rings (SSSR count). The van der Waals surface area contributed by atoms with E-state index in [9.17, 15) is 4.79 Å². The molecule has 124 valence electrons. The van der Waals surface area contributed by atoms with E-state index in [0.29, 0.717) is 31.3 Å². The Kier molecular flexibility index (Phi) is 3.76. The average molecular weight is 343 g/mol. The second kappa shape index (κ2) is 5.81. The molecule has 0 N–H and O–H groups in total. The predicted octanol–water partition coefficient (Wildman–Crippen LogP) is 3.18. The number of rotatable bonds is 3. The van der Waals surface area contributed by atoms with Crippen LogP contribution >= 0.6 is 11.6 Å². The molecule has 0 bridgehead atoms. The Balaban J connectivity index is 1.42. The molecule has 1 amide bonds. The number of halogens is 1. The summed E-state index contributed by atoms with van der Waals surface area (Å²) in [5.41, 5.74) is 5.14. The van der Waals surface area contributed by atoms with Crippen molar-refractivity contribution in [3.8, 4) is 0 Å². The van der Waals surface area contributed by atoms with E-state index in [2.05, 4.69) is 15.0 Å². The molecular weight excluding hydrogens is 324 g/mol. The van der Waals surface area contributed by atoms with Crippen LogP contribution in [0.4, 0.5) is 0 Å². The van der Waals surface area contributed by atoms with Crippen LogP contribution in [0.1, 0.15) is 46.8 Å². The molecule has 0 radical (unpaired) electrons. The van der Waals surface area contributed by atoms with Crippen molar-refractivity contribution in [3.05, 3.63) is 51.8 Å². The van der Waals surface area contributed by atoms with Crippen molar-refractivity contribution < 1.29 is 4.79 Å². The van der Waals surface area contributed by atoms with E-state index in [0.717, 1.165) is 39.5 Å². The summed E-state index contributed by atoms with van der Waals surface area (Å²) in [7, 11) is 0. The molecule has 24 heavy (non-hydrogen) atoms. The molecule has 0 saturated heterocycles. The quantitative estimate of drug-likeness (QED) is 0.859. The third-order valence-electron chi connectivity index (χ3n) is 5.16. The summed E-state index contributed by atoms with van der Waals surface area (Å²) < 4.78 is 0. The normalized spacial score (nSPS) is 21.7. The Bertz CT molecular complexity index is 808. The molecule has 1 saturated carbocycles. The molecule has 0 aromatic carbocycles. The number of fused-ring (bicyclic) bond motifs is 1. The zero-order valence-electron chi connectivity index (χ0n) is 13.8. The van der Waals surface area contributed by atoms with Crippen molar-refractivity contribution in [1.82, 2.24) is 19.9 Å². The molecule has 2 atom stereocenters. The van der Waals surface area contributed by atoms with E-state index in [1.807, 2.05) is 31.1 Å². The van der Waals surface area contributed by atoms with Gasteiger partial charge in [-0.3, -0.25) is 9.78 Å². The van der Waals surface area contributed by atoms with Crippen LogP contribution < -0.4 is 0 Å². The highest BCUT2D eigenvalue weighted by atomic mass is 35.5. The fourth-order valence-corrected chi connectivity index (χ4v) is 3.78. The number of hydrogen-bond acceptors (Lipinski definition) is 4. The molecular formula is C18H19ClN4O. The molecule has 1 aliphatic carbocycles. The van der Waals surface area contributed by atoms with Crippen LogP contribution in [0, 0.1) is 19.8 Å². The van der Waals surface area contributed by atoms with Crippen LogP contribution in [0.15, 0.2) is 18.7 Å². The lowest BCUT2D eigenvalue weighted by molar-refractivity contribution is -0.132. The second-order valence-corrected chi connectivity index (χ2v) is 7.17. The number of hydrogen-bond donors (Lipinski definition) is 0. The maximum absolute atomic E-state index is 12.7. The van der Waals surface area contributed by atoms with E-state index in [1.54, 1.807) is 0 Å². The third kappa shape index (κ3) is 2.67. The van der Waals surface area contributed by atoms with Crippen LogP contribution in [0.25, 0.3) is 0 Å². The third-order valence-corrected chi connectivity index (χ3v) is 5.72. The fourth-order valence-electron chi connectivity index (χ4n) is 3.62. The molecule has 5 nitrogen and oxygen atoms in total. The summed E-state index contributed by atoms with van der Waals surface area (Å²) in [6.07, 6.45) is 6.87. The molecule has 1 fully saturated rings. The lowest BCUT2D eigenvalue weighted by Crippen LogP contribution is -2.25. The first kappa shape index (κ1) is 15.5. The summed E-state index contributed by atoms with van der Waals surface area (Å²) in [5, 5.41) is 0.717. The first-order valence-corrected chi connectivity index (χ1v) is 8.59. The van der Waals surface area contributed by atoms with Gasteiger partial charge in [0.05, 0.1) is 23.0 Å². The van der Waals surface area contributed by atoms with Crippen LogP contribution in [0.2, 0.25) is 5.02 Å². The first-order chi connectivity index (χ1) is 11.5. The number of nitrogens with zero attached hydrogens (tertiary/aromatic N) is 4. The van der Waals surface area contributed by atoms with Crippen LogP contribution in [-0.4, -0.2) is 25.8 Å². The molecule has 6 heteroatoms. The molecule has 0 spiro atoms. The van der Waals surface area contributed by atoms with E-state index in [4.69, 9.17) is 11.6 Å². The van der Waals surface area contributed by atoms with Crippen molar-refractivity contribution in [2.75, 3.05) is 0 Å². The highest BCUT2D eigenvalue weighted by Crippen LogP contribution is 2.49. The maximum atomic E-state index is 12.7. The molecule has 1 aliphatic heterocycles. The van der Waals surface area contributed by atoms with Crippen molar-refractivity contribution in [1.29, 1.82) is 0 Å². The Morgan fingerprint density at radius 2 is 2.04 bits per heavy atom. The van der Waals surface area contributed by atoms with Gasteiger partial charge < -0.3 is 4.90 Å². The molecule has 2 aromatic rings. The minimum Gasteiger partial charge on any atom is -0.332 e. The van der Waals surface area contributed by atoms with E-state index < -0.39 is 0 Å². The van der Waals surface area contributed by atoms with Gasteiger partial charge in [0.1, 0.15) is 6.33 Å². The number of carbonyl (C=O) groups is 1. The van der Waals surface area contributed by atoms with Gasteiger partial charge in [-0.25, -0.2) is 9.97 Å². The van der Waals surface area contributed by atoms with Crippen LogP contribution in [0.5, 0.6) is 0 Å². The minimum absolute atomic E-state index is 0.200. The monoisotopic (exact) mass is 342 g/mol. The molecule has 0 unspecified atom stereocenters. The van der Waals surface area contributed by atoms with Gasteiger partial charge in [-0.2, -0.15) is 0 Å². The Morgan fingerprint density at radius 3 is 2.79 bits per heavy atom. The van der Waals surface area contributed by atoms with Gasteiger partial charge in [0.25, 0.3) is 0 Å². The summed E-state index contributed by atoms with van der Waals surface area (Å²) in [5.74, 6) is 1.04. The van der Waals surface area contributed by atoms with E-state index in [-0.39, 0.29) is 5.91 Å². The lowest BCUT2D eigenvalue weighted by Gasteiger charge is -2.15. The molecule has 2 aliphatic rings. The number of carbonyl (C=O) groups excluding carboxylic acids is 1. The largest absolute Gasteiger partial charge is 0.332 e. The fraction of sp³-hybridized carbons (Fsp3) is 0.444. The minimum atomic E-state index is 0.200. The van der Waals surface area contributed by atoms with E-state index >= 15 is 0 Å². The van der Waals surface area contributed by atoms with Gasteiger partial charge in [0.2, 0.25) is 5.91 Å². The van der Waals surface area contributed by atoms with Crippen molar-refractivity contribution >= 4 is 17.5 Å². The van der Waals surface area contributed by atoms with Crippen LogP contribution in [0.3, 0.4) is 0 Å². The van der Waals surface area contributed by atoms with E-state index in [1.165, 1.54) is 6.33 Å². The maximum Gasteiger partial charge on any atom is 0.223 e. The smallest absolute Gasteiger partial charge is 0.223 e. The van der Waals surface area contributed by atoms with Crippen molar-refractivity contribution in [2.45, 2.75) is 45.7 Å². The zero-order valence-corrected chi connectivity index (χ0v) is 14.5. The van der Waals surface area contributed by atoms with Gasteiger partial charge in [-0.05, 0) is 48.8 Å². The first-order valence-electron chi connectivity index (χ1n) is 8.21. The highest BCUT2D eigenvalue weighted by molar-refractivity contribution is 6.32. The summed E-state index contributed by atoms with van der Waals surface area (Å²) in [4.78, 5) is 27.2. The van der Waals surface area contributed by atoms with Crippen LogP contribution in [-0.2, 0) is 17.9 Å². The van der Waals surface area contributed by atoms with Gasteiger partial charge in [0, 0.05) is 25.4 Å². The van der Waals surface area contributed by atoms with Gasteiger partial charge >= 0.3 is 0 Å². The van der Waals surface area contributed by atoms with Crippen molar-refractivity contribution in [2.24, 2.45) is 5.92 Å². The summed E-state index contributed by atoms with van der Waals surface area (Å²) in [6.45, 7) is 5.14. The number of amides is 1. The lowest BCUT2D eigenvalue weighted by atomic mass is 10.1.